The molecule has 0 radical (unpaired) electrons. The van der Waals surface area contributed by atoms with Crippen molar-refractivity contribution in [3.05, 3.63) is 63.6 Å². The number of rotatable bonds is 5. The van der Waals surface area contributed by atoms with Crippen molar-refractivity contribution in [3.8, 4) is 5.75 Å². The first-order valence-electron chi connectivity index (χ1n) is 7.84. The van der Waals surface area contributed by atoms with E-state index in [2.05, 4.69) is 5.32 Å². The molecule has 0 saturated heterocycles. The van der Waals surface area contributed by atoms with Gasteiger partial charge in [-0.1, -0.05) is 17.7 Å². The number of amides is 1. The Balaban J connectivity index is 2.17. The lowest BCUT2D eigenvalue weighted by atomic mass is 10.0. The topological polar surface area (TPSA) is 60.3 Å². The second-order valence-corrected chi connectivity index (χ2v) is 5.89. The lowest BCUT2D eigenvalue weighted by molar-refractivity contribution is -0.139. The molecule has 140 valence electrons. The Kier molecular flexibility index (Phi) is 5.74. The number of carbonyl (C=O) groups is 1. The van der Waals surface area contributed by atoms with Gasteiger partial charge >= 0.3 is 6.18 Å². The molecule has 0 fully saturated rings. The lowest BCUT2D eigenvalue weighted by Crippen LogP contribution is -2.35. The number of aromatic nitrogens is 1. The van der Waals surface area contributed by atoms with E-state index in [1.165, 1.54) is 7.11 Å². The predicted molar refractivity (Wildman–Crippen MR) is 90.0 cm³/mol. The minimum atomic E-state index is -4.77. The van der Waals surface area contributed by atoms with Crippen LogP contribution in [0.5, 0.6) is 5.75 Å². The van der Waals surface area contributed by atoms with E-state index >= 15 is 0 Å². The molecule has 1 unspecified atom stereocenters. The minimum Gasteiger partial charge on any atom is -0.496 e. The molecule has 0 aliphatic carbocycles. The van der Waals surface area contributed by atoms with E-state index in [4.69, 9.17) is 4.74 Å². The maximum atomic E-state index is 12.8. The zero-order chi connectivity index (χ0) is 19.5. The normalized spacial score (nSPS) is 12.5. The van der Waals surface area contributed by atoms with Crippen molar-refractivity contribution in [2.75, 3.05) is 7.11 Å². The monoisotopic (exact) mass is 368 g/mol. The largest absolute Gasteiger partial charge is 0.496 e. The second-order valence-electron chi connectivity index (χ2n) is 5.89. The van der Waals surface area contributed by atoms with E-state index in [0.717, 1.165) is 28.0 Å². The van der Waals surface area contributed by atoms with Gasteiger partial charge in [-0.2, -0.15) is 13.2 Å². The molecule has 0 spiro atoms. The van der Waals surface area contributed by atoms with Crippen LogP contribution in [0.1, 0.15) is 29.7 Å². The Bertz CT molecular complexity index is 859. The number of halogens is 3. The van der Waals surface area contributed by atoms with Gasteiger partial charge in [-0.15, -0.1) is 0 Å². The van der Waals surface area contributed by atoms with E-state index in [-0.39, 0.29) is 0 Å². The third-order valence-electron chi connectivity index (χ3n) is 3.87. The number of hydrogen-bond donors (Lipinski definition) is 1. The summed E-state index contributed by atoms with van der Waals surface area (Å²) in [5.74, 6) is 0.00196. The standard InChI is InChI=1S/C18H19F3N2O3/c1-11-6-7-15(26-3)13(9-11)12(2)22-16(24)10-23-8-4-5-14(17(23)25)18(19,20)21/h4-9,12H,10H2,1-3H3,(H,22,24). The SMILES string of the molecule is COc1ccc(C)cc1C(C)NC(=O)Cn1cccc(C(F)(F)F)c1=O. The van der Waals surface area contributed by atoms with Crippen LogP contribution in [0.4, 0.5) is 13.2 Å². The Morgan fingerprint density at radius 2 is 2.00 bits per heavy atom. The Labute approximate surface area is 148 Å². The quantitative estimate of drug-likeness (QED) is 0.882. The van der Waals surface area contributed by atoms with Crippen molar-refractivity contribution in [2.45, 2.75) is 32.6 Å². The highest BCUT2D eigenvalue weighted by Crippen LogP contribution is 2.27. The van der Waals surface area contributed by atoms with Gasteiger partial charge in [0.2, 0.25) is 5.91 Å². The Morgan fingerprint density at radius 3 is 2.62 bits per heavy atom. The van der Waals surface area contributed by atoms with Gasteiger partial charge in [-0.3, -0.25) is 9.59 Å². The zero-order valence-corrected chi connectivity index (χ0v) is 14.6. The summed E-state index contributed by atoms with van der Waals surface area (Å²) in [5.41, 5.74) is -0.856. The van der Waals surface area contributed by atoms with E-state index in [1.807, 2.05) is 19.1 Å². The molecule has 1 N–H and O–H groups in total. The highest BCUT2D eigenvalue weighted by atomic mass is 19.4. The first kappa shape index (κ1) is 19.6. The molecule has 1 aromatic heterocycles. The molecule has 0 aliphatic heterocycles. The summed E-state index contributed by atoms with van der Waals surface area (Å²) in [6, 6.07) is 6.81. The predicted octanol–water partition coefficient (Wildman–Crippen LogP) is 3.06. The van der Waals surface area contributed by atoms with Crippen LogP contribution in [0.15, 0.2) is 41.3 Å². The molecule has 2 rings (SSSR count). The van der Waals surface area contributed by atoms with Gasteiger partial charge in [-0.05, 0) is 32.0 Å². The van der Waals surface area contributed by atoms with Crippen LogP contribution in [-0.2, 0) is 17.5 Å². The van der Waals surface area contributed by atoms with E-state index < -0.39 is 35.8 Å². The average molecular weight is 368 g/mol. The van der Waals surface area contributed by atoms with Crippen LogP contribution in [-0.4, -0.2) is 17.6 Å². The fourth-order valence-electron chi connectivity index (χ4n) is 2.59. The summed E-state index contributed by atoms with van der Waals surface area (Å²) >= 11 is 0. The van der Waals surface area contributed by atoms with E-state index in [1.54, 1.807) is 13.0 Å². The van der Waals surface area contributed by atoms with Crippen LogP contribution in [0.3, 0.4) is 0 Å². The van der Waals surface area contributed by atoms with Crippen LogP contribution in [0.2, 0.25) is 0 Å². The molecular weight excluding hydrogens is 349 g/mol. The number of benzene rings is 1. The zero-order valence-electron chi connectivity index (χ0n) is 14.6. The molecule has 0 bridgehead atoms. The fraction of sp³-hybridized carbons (Fsp3) is 0.333. The summed E-state index contributed by atoms with van der Waals surface area (Å²) in [4.78, 5) is 24.1. The third kappa shape index (κ3) is 4.44. The first-order chi connectivity index (χ1) is 12.1. The molecule has 5 nitrogen and oxygen atoms in total. The van der Waals surface area contributed by atoms with Gasteiger partial charge in [0.25, 0.3) is 5.56 Å². The number of hydrogen-bond acceptors (Lipinski definition) is 3. The summed E-state index contributed by atoms with van der Waals surface area (Å²) in [5, 5.41) is 2.67. The molecule has 0 aliphatic rings. The van der Waals surface area contributed by atoms with Gasteiger partial charge in [0, 0.05) is 11.8 Å². The van der Waals surface area contributed by atoms with Gasteiger partial charge in [0.05, 0.1) is 13.2 Å². The lowest BCUT2D eigenvalue weighted by Gasteiger charge is -2.18. The van der Waals surface area contributed by atoms with Crippen LogP contribution in [0, 0.1) is 6.92 Å². The van der Waals surface area contributed by atoms with Gasteiger partial charge in [0.1, 0.15) is 17.9 Å². The maximum Gasteiger partial charge on any atom is 0.421 e. The third-order valence-corrected chi connectivity index (χ3v) is 3.87. The first-order valence-corrected chi connectivity index (χ1v) is 7.84. The highest BCUT2D eigenvalue weighted by molar-refractivity contribution is 5.76. The number of nitrogens with one attached hydrogen (secondary N) is 1. The summed E-state index contributed by atoms with van der Waals surface area (Å²) < 4.78 is 44.4. The number of nitrogens with zero attached hydrogens (tertiary/aromatic N) is 1. The second kappa shape index (κ2) is 7.63. The molecule has 1 heterocycles. The average Bonchev–Trinajstić information content (AvgIpc) is 2.55. The van der Waals surface area contributed by atoms with Crippen molar-refractivity contribution in [2.24, 2.45) is 0 Å². The highest BCUT2D eigenvalue weighted by Gasteiger charge is 2.34. The number of pyridine rings is 1. The minimum absolute atomic E-state index is 0.446. The number of alkyl halides is 3. The van der Waals surface area contributed by atoms with Gasteiger partial charge in [0.15, 0.2) is 0 Å². The Morgan fingerprint density at radius 1 is 1.31 bits per heavy atom. The van der Waals surface area contributed by atoms with Crippen molar-refractivity contribution < 1.29 is 22.7 Å². The number of ether oxygens (including phenoxy) is 1. The summed E-state index contributed by atoms with van der Waals surface area (Å²) in [7, 11) is 1.50. The van der Waals surface area contributed by atoms with Gasteiger partial charge in [-0.25, -0.2) is 0 Å². The molecule has 8 heteroatoms. The number of aryl methyl sites for hydroxylation is 1. The molecule has 1 aromatic carbocycles. The van der Waals surface area contributed by atoms with Crippen LogP contribution < -0.4 is 15.6 Å². The van der Waals surface area contributed by atoms with Crippen molar-refractivity contribution in [1.82, 2.24) is 9.88 Å². The van der Waals surface area contributed by atoms with Crippen molar-refractivity contribution >= 4 is 5.91 Å². The Hall–Kier alpha value is -2.77. The van der Waals surface area contributed by atoms with Crippen molar-refractivity contribution in [3.63, 3.8) is 0 Å². The van der Waals surface area contributed by atoms with Crippen molar-refractivity contribution in [1.29, 1.82) is 0 Å². The van der Waals surface area contributed by atoms with Crippen LogP contribution >= 0.6 is 0 Å². The molecular formula is C18H19F3N2O3. The fourth-order valence-corrected chi connectivity index (χ4v) is 2.59. The van der Waals surface area contributed by atoms with E-state index in [9.17, 15) is 22.8 Å². The molecule has 1 atom stereocenters. The summed E-state index contributed by atoms with van der Waals surface area (Å²) in [6.45, 7) is 3.10. The maximum absolute atomic E-state index is 12.8. The number of methoxy groups -OCH3 is 1. The van der Waals surface area contributed by atoms with E-state index in [0.29, 0.717) is 11.8 Å². The van der Waals surface area contributed by atoms with Crippen LogP contribution in [0.25, 0.3) is 0 Å². The number of carbonyl (C=O) groups excluding carboxylic acids is 1. The van der Waals surface area contributed by atoms with Gasteiger partial charge < -0.3 is 14.6 Å². The molecule has 1 amide bonds. The summed E-state index contributed by atoms with van der Waals surface area (Å²) in [6.07, 6.45) is -3.62. The smallest absolute Gasteiger partial charge is 0.421 e. The molecule has 26 heavy (non-hydrogen) atoms. The molecule has 2 aromatic rings. The molecule has 0 saturated carbocycles.